The summed E-state index contributed by atoms with van der Waals surface area (Å²) in [4.78, 5) is 16.8. The second-order valence-electron chi connectivity index (χ2n) is 5.19. The zero-order valence-corrected chi connectivity index (χ0v) is 12.7. The normalized spacial score (nSPS) is 18.9. The lowest BCUT2D eigenvalue weighted by Crippen LogP contribution is -2.41. The van der Waals surface area contributed by atoms with Gasteiger partial charge in [-0.2, -0.15) is 18.3 Å². The summed E-state index contributed by atoms with van der Waals surface area (Å²) in [6.07, 6.45) is 2.28. The number of nitrogens with zero attached hydrogens (tertiary/aromatic N) is 3. The number of H-pyrrole nitrogens is 1. The molecular formula is C13H14F3N5OS. The van der Waals surface area contributed by atoms with Gasteiger partial charge in [0.05, 0.1) is 18.4 Å². The number of rotatable bonds is 2. The van der Waals surface area contributed by atoms with E-state index in [1.165, 1.54) is 0 Å². The molecule has 0 unspecified atom stereocenters. The van der Waals surface area contributed by atoms with E-state index in [1.807, 2.05) is 0 Å². The summed E-state index contributed by atoms with van der Waals surface area (Å²) in [5.41, 5.74) is 0.884. The number of carbonyl (C=O) groups excluding carboxylic acids is 1. The number of halogens is 3. The average molecular weight is 345 g/mol. The number of anilines is 1. The molecule has 3 rings (SSSR count). The minimum Gasteiger partial charge on any atom is -0.317 e. The molecule has 1 aliphatic rings. The summed E-state index contributed by atoms with van der Waals surface area (Å²) >= 11 is 0.418. The first-order chi connectivity index (χ1) is 10.9. The van der Waals surface area contributed by atoms with E-state index in [4.69, 9.17) is 0 Å². The van der Waals surface area contributed by atoms with Crippen LogP contribution in [0.15, 0.2) is 18.6 Å². The molecule has 0 aliphatic carbocycles. The molecule has 124 valence electrons. The molecule has 2 N–H and O–H groups in total. The summed E-state index contributed by atoms with van der Waals surface area (Å²) in [6.45, 7) is 0.541. The molecule has 6 nitrogen and oxygen atoms in total. The van der Waals surface area contributed by atoms with Crippen LogP contribution in [-0.2, 0) is 6.18 Å². The van der Waals surface area contributed by atoms with Crippen molar-refractivity contribution in [1.82, 2.24) is 20.1 Å². The summed E-state index contributed by atoms with van der Waals surface area (Å²) in [5, 5.41) is 9.00. The highest BCUT2D eigenvalue weighted by Gasteiger charge is 2.34. The Balaban J connectivity index is 1.72. The van der Waals surface area contributed by atoms with Gasteiger partial charge in [-0.1, -0.05) is 11.3 Å². The van der Waals surface area contributed by atoms with Crippen molar-refractivity contribution in [2.45, 2.75) is 31.5 Å². The molecule has 1 fully saturated rings. The Morgan fingerprint density at radius 1 is 1.39 bits per heavy atom. The van der Waals surface area contributed by atoms with Crippen molar-refractivity contribution < 1.29 is 18.0 Å². The first kappa shape index (κ1) is 15.8. The van der Waals surface area contributed by atoms with Crippen molar-refractivity contribution >= 4 is 22.5 Å². The van der Waals surface area contributed by atoms with Crippen LogP contribution >= 0.6 is 11.3 Å². The predicted molar refractivity (Wildman–Crippen MR) is 78.0 cm³/mol. The van der Waals surface area contributed by atoms with E-state index in [0.29, 0.717) is 17.9 Å². The van der Waals surface area contributed by atoms with E-state index < -0.39 is 17.1 Å². The summed E-state index contributed by atoms with van der Waals surface area (Å²) in [6, 6.07) is -0.580. The molecule has 0 bridgehead atoms. The summed E-state index contributed by atoms with van der Waals surface area (Å²) in [7, 11) is 0. The Kier molecular flexibility index (Phi) is 4.24. The number of piperidine rings is 1. The van der Waals surface area contributed by atoms with Gasteiger partial charge >= 0.3 is 12.2 Å². The van der Waals surface area contributed by atoms with Gasteiger partial charge in [0.15, 0.2) is 5.13 Å². The largest absolute Gasteiger partial charge is 0.427 e. The van der Waals surface area contributed by atoms with E-state index in [0.717, 1.165) is 31.0 Å². The maximum absolute atomic E-state index is 12.6. The second kappa shape index (κ2) is 6.19. The van der Waals surface area contributed by atoms with Crippen LogP contribution in [0.3, 0.4) is 0 Å². The highest BCUT2D eigenvalue weighted by Crippen LogP contribution is 2.36. The smallest absolute Gasteiger partial charge is 0.317 e. The molecule has 2 amide bonds. The van der Waals surface area contributed by atoms with Gasteiger partial charge in [-0.05, 0) is 19.3 Å². The molecule has 1 saturated heterocycles. The Hall–Kier alpha value is -2.10. The first-order valence-electron chi connectivity index (χ1n) is 7.04. The van der Waals surface area contributed by atoms with E-state index >= 15 is 0 Å². The van der Waals surface area contributed by atoms with Gasteiger partial charge in [0.2, 0.25) is 0 Å². The van der Waals surface area contributed by atoms with E-state index in [2.05, 4.69) is 20.5 Å². The number of aromatic nitrogens is 3. The maximum atomic E-state index is 12.6. The SMILES string of the molecule is O=C(Nc1ncc(C(F)(F)F)s1)N1CCCC[C@H]1c1cn[nH]c1. The van der Waals surface area contributed by atoms with Crippen LogP contribution in [0.25, 0.3) is 0 Å². The van der Waals surface area contributed by atoms with Gasteiger partial charge in [-0.3, -0.25) is 10.4 Å². The van der Waals surface area contributed by atoms with Crippen LogP contribution < -0.4 is 5.32 Å². The highest BCUT2D eigenvalue weighted by atomic mass is 32.1. The molecule has 1 atom stereocenters. The van der Waals surface area contributed by atoms with Crippen LogP contribution in [0.5, 0.6) is 0 Å². The second-order valence-corrected chi connectivity index (χ2v) is 6.22. The van der Waals surface area contributed by atoms with Crippen LogP contribution in [0.1, 0.15) is 35.7 Å². The van der Waals surface area contributed by atoms with E-state index in [9.17, 15) is 18.0 Å². The molecular weight excluding hydrogens is 331 g/mol. The fourth-order valence-electron chi connectivity index (χ4n) is 2.59. The fraction of sp³-hybridized carbons (Fsp3) is 0.462. The zero-order chi connectivity index (χ0) is 16.4. The highest BCUT2D eigenvalue weighted by molar-refractivity contribution is 7.15. The van der Waals surface area contributed by atoms with Gasteiger partial charge in [0, 0.05) is 18.3 Å². The van der Waals surface area contributed by atoms with E-state index in [1.54, 1.807) is 17.3 Å². The van der Waals surface area contributed by atoms with Crippen molar-refractivity contribution in [2.75, 3.05) is 11.9 Å². The number of carbonyl (C=O) groups is 1. The van der Waals surface area contributed by atoms with Gasteiger partial charge in [-0.15, -0.1) is 0 Å². The standard InChI is InChI=1S/C13H14F3N5OS/c14-13(15,16)10-7-17-11(23-10)20-12(22)21-4-2-1-3-9(21)8-5-18-19-6-8/h5-7,9H,1-4H2,(H,18,19)(H,17,20,22)/t9-/m0/s1. The number of hydrogen-bond acceptors (Lipinski definition) is 4. The minimum atomic E-state index is -4.45. The number of likely N-dealkylation sites (tertiary alicyclic amines) is 1. The fourth-order valence-corrected chi connectivity index (χ4v) is 3.26. The first-order valence-corrected chi connectivity index (χ1v) is 7.86. The molecule has 23 heavy (non-hydrogen) atoms. The summed E-state index contributed by atoms with van der Waals surface area (Å²) in [5.74, 6) is 0. The van der Waals surface area contributed by atoms with Gasteiger partial charge in [0.25, 0.3) is 0 Å². The van der Waals surface area contributed by atoms with Crippen molar-refractivity contribution in [3.63, 3.8) is 0 Å². The van der Waals surface area contributed by atoms with Crippen LogP contribution in [-0.4, -0.2) is 32.7 Å². The third kappa shape index (κ3) is 3.46. The molecule has 0 saturated carbocycles. The van der Waals surface area contributed by atoms with Gasteiger partial charge in [-0.25, -0.2) is 9.78 Å². The number of alkyl halides is 3. The Labute approximate surface area is 133 Å². The number of thiazole rings is 1. The Morgan fingerprint density at radius 3 is 2.87 bits per heavy atom. The molecule has 0 aromatic carbocycles. The van der Waals surface area contributed by atoms with Gasteiger partial charge in [0.1, 0.15) is 4.88 Å². The van der Waals surface area contributed by atoms with Crippen molar-refractivity contribution in [2.24, 2.45) is 0 Å². The van der Waals surface area contributed by atoms with Crippen molar-refractivity contribution in [1.29, 1.82) is 0 Å². The number of aromatic amines is 1. The van der Waals surface area contributed by atoms with Crippen molar-refractivity contribution in [3.8, 4) is 0 Å². The molecule has 0 spiro atoms. The number of nitrogens with one attached hydrogen (secondary N) is 2. The topological polar surface area (TPSA) is 73.9 Å². The lowest BCUT2D eigenvalue weighted by molar-refractivity contribution is -0.134. The quantitative estimate of drug-likeness (QED) is 0.873. The molecule has 1 aliphatic heterocycles. The summed E-state index contributed by atoms with van der Waals surface area (Å²) < 4.78 is 37.7. The molecule has 3 heterocycles. The molecule has 0 radical (unpaired) electrons. The Morgan fingerprint density at radius 2 is 2.22 bits per heavy atom. The van der Waals surface area contributed by atoms with Crippen molar-refractivity contribution in [3.05, 3.63) is 29.0 Å². The van der Waals surface area contributed by atoms with Crippen LogP contribution in [0.4, 0.5) is 23.1 Å². The lowest BCUT2D eigenvalue weighted by atomic mass is 9.98. The Bertz CT molecular complexity index is 669. The third-order valence-electron chi connectivity index (χ3n) is 3.67. The number of hydrogen-bond donors (Lipinski definition) is 2. The number of amides is 2. The third-order valence-corrected chi connectivity index (χ3v) is 4.62. The minimum absolute atomic E-state index is 0.0566. The number of urea groups is 1. The monoisotopic (exact) mass is 345 g/mol. The lowest BCUT2D eigenvalue weighted by Gasteiger charge is -2.34. The van der Waals surface area contributed by atoms with Crippen LogP contribution in [0, 0.1) is 0 Å². The molecule has 2 aromatic rings. The van der Waals surface area contributed by atoms with E-state index in [-0.39, 0.29) is 11.2 Å². The van der Waals surface area contributed by atoms with Gasteiger partial charge < -0.3 is 4.90 Å². The predicted octanol–water partition coefficient (Wildman–Crippen LogP) is 3.64. The molecule has 2 aromatic heterocycles. The maximum Gasteiger partial charge on any atom is 0.427 e. The average Bonchev–Trinajstić information content (AvgIpc) is 3.18. The van der Waals surface area contributed by atoms with Crippen LogP contribution in [0.2, 0.25) is 0 Å². The molecule has 10 heteroatoms. The zero-order valence-electron chi connectivity index (χ0n) is 11.9.